The number of hydrogen-bond donors (Lipinski definition) is 3. The van der Waals surface area contributed by atoms with Gasteiger partial charge in [0.2, 0.25) is 5.91 Å². The molecule has 2 rings (SSSR count). The predicted molar refractivity (Wildman–Crippen MR) is 75.8 cm³/mol. The average molecular weight is 297 g/mol. The van der Waals surface area contributed by atoms with E-state index in [2.05, 4.69) is 10.6 Å². The van der Waals surface area contributed by atoms with Crippen molar-refractivity contribution in [3.8, 4) is 0 Å². The van der Waals surface area contributed by atoms with Crippen LogP contribution in [0.2, 0.25) is 0 Å². The lowest BCUT2D eigenvalue weighted by Crippen LogP contribution is -2.49. The molecule has 2 aliphatic rings. The van der Waals surface area contributed by atoms with Crippen molar-refractivity contribution >= 4 is 17.9 Å². The van der Waals surface area contributed by atoms with Crippen LogP contribution in [0.1, 0.15) is 44.9 Å². The average Bonchev–Trinajstić information content (AvgIpc) is 2.87. The van der Waals surface area contributed by atoms with Crippen LogP contribution < -0.4 is 10.6 Å². The highest BCUT2D eigenvalue weighted by Crippen LogP contribution is 2.17. The van der Waals surface area contributed by atoms with Crippen LogP contribution in [0, 0.1) is 0 Å². The Hall–Kier alpha value is -1.63. The van der Waals surface area contributed by atoms with Crippen LogP contribution in [-0.4, -0.2) is 53.1 Å². The van der Waals surface area contributed by atoms with E-state index in [1.54, 1.807) is 4.90 Å². The number of urea groups is 1. The minimum Gasteiger partial charge on any atom is -0.480 e. The van der Waals surface area contributed by atoms with Gasteiger partial charge in [-0.3, -0.25) is 19.8 Å². The molecule has 1 saturated carbocycles. The number of aliphatic carboxylic acids is 1. The number of hydrogen-bond acceptors (Lipinski definition) is 4. The van der Waals surface area contributed by atoms with E-state index < -0.39 is 23.9 Å². The van der Waals surface area contributed by atoms with Gasteiger partial charge in [0.1, 0.15) is 6.04 Å². The molecule has 118 valence electrons. The molecular formula is C14H23N3O4. The summed E-state index contributed by atoms with van der Waals surface area (Å²) in [7, 11) is 0. The zero-order valence-corrected chi connectivity index (χ0v) is 12.1. The highest BCUT2D eigenvalue weighted by atomic mass is 16.4. The Balaban J connectivity index is 1.73. The third-order valence-electron chi connectivity index (χ3n) is 4.19. The number of carbonyl (C=O) groups is 3. The smallest absolute Gasteiger partial charge is 0.321 e. The number of amides is 3. The molecule has 0 unspecified atom stereocenters. The number of likely N-dealkylation sites (tertiary alicyclic amines) is 1. The summed E-state index contributed by atoms with van der Waals surface area (Å²) in [6, 6.07) is -0.944. The Morgan fingerprint density at radius 3 is 2.43 bits per heavy atom. The molecule has 1 heterocycles. The number of rotatable bonds is 4. The first-order valence-electron chi connectivity index (χ1n) is 7.63. The fourth-order valence-electron chi connectivity index (χ4n) is 3.11. The van der Waals surface area contributed by atoms with E-state index in [9.17, 15) is 14.4 Å². The lowest BCUT2D eigenvalue weighted by atomic mass is 9.96. The van der Waals surface area contributed by atoms with Crippen molar-refractivity contribution in [2.75, 3.05) is 13.1 Å². The van der Waals surface area contributed by atoms with Gasteiger partial charge in [0.15, 0.2) is 0 Å². The Morgan fingerprint density at radius 1 is 1.05 bits per heavy atom. The van der Waals surface area contributed by atoms with Gasteiger partial charge in [0.25, 0.3) is 0 Å². The molecule has 0 radical (unpaired) electrons. The zero-order chi connectivity index (χ0) is 15.2. The Morgan fingerprint density at radius 2 is 1.76 bits per heavy atom. The summed E-state index contributed by atoms with van der Waals surface area (Å²) in [6.07, 6.45) is 6.63. The Labute approximate surface area is 124 Å². The molecule has 2 fully saturated rings. The molecule has 1 saturated heterocycles. The van der Waals surface area contributed by atoms with Crippen LogP contribution in [0.5, 0.6) is 0 Å². The van der Waals surface area contributed by atoms with Gasteiger partial charge in [-0.05, 0) is 32.2 Å². The second-order valence-electron chi connectivity index (χ2n) is 5.82. The summed E-state index contributed by atoms with van der Waals surface area (Å²) in [5, 5.41) is 14.1. The molecule has 0 aromatic heterocycles. The molecule has 1 aliphatic heterocycles. The lowest BCUT2D eigenvalue weighted by molar-refractivity contribution is -0.142. The minimum atomic E-state index is -0.910. The van der Waals surface area contributed by atoms with Crippen molar-refractivity contribution in [1.82, 2.24) is 15.5 Å². The first kappa shape index (κ1) is 15.8. The van der Waals surface area contributed by atoms with Crippen molar-refractivity contribution in [1.29, 1.82) is 0 Å². The van der Waals surface area contributed by atoms with Crippen LogP contribution in [0.4, 0.5) is 4.79 Å². The third-order valence-corrected chi connectivity index (χ3v) is 4.19. The third kappa shape index (κ3) is 4.70. The summed E-state index contributed by atoms with van der Waals surface area (Å²) in [6.45, 7) is 0.531. The SMILES string of the molecule is O=C(CN1CCC[C@@H]1C(=O)O)NC(=O)NC1CCCCC1. The molecule has 3 amide bonds. The normalized spacial score (nSPS) is 23.7. The van der Waals surface area contributed by atoms with Crippen molar-refractivity contribution in [2.45, 2.75) is 57.0 Å². The van der Waals surface area contributed by atoms with Gasteiger partial charge in [-0.25, -0.2) is 4.79 Å². The van der Waals surface area contributed by atoms with Crippen LogP contribution in [0.3, 0.4) is 0 Å². The van der Waals surface area contributed by atoms with E-state index in [0.29, 0.717) is 13.0 Å². The van der Waals surface area contributed by atoms with Gasteiger partial charge in [-0.1, -0.05) is 19.3 Å². The Bertz CT molecular complexity index is 407. The second-order valence-corrected chi connectivity index (χ2v) is 5.82. The zero-order valence-electron chi connectivity index (χ0n) is 12.1. The maximum Gasteiger partial charge on any atom is 0.321 e. The van der Waals surface area contributed by atoms with Crippen molar-refractivity contribution in [3.63, 3.8) is 0 Å². The van der Waals surface area contributed by atoms with E-state index in [4.69, 9.17) is 5.11 Å². The summed E-state index contributed by atoms with van der Waals surface area (Å²) < 4.78 is 0. The molecule has 0 aromatic carbocycles. The highest BCUT2D eigenvalue weighted by molar-refractivity contribution is 5.95. The summed E-state index contributed by atoms with van der Waals surface area (Å²) >= 11 is 0. The Kier molecular flexibility index (Phi) is 5.55. The molecule has 3 N–H and O–H groups in total. The predicted octanol–water partition coefficient (Wildman–Crippen LogP) is 0.694. The molecule has 7 heteroatoms. The fourth-order valence-corrected chi connectivity index (χ4v) is 3.11. The molecule has 0 bridgehead atoms. The number of carbonyl (C=O) groups excluding carboxylic acids is 2. The van der Waals surface area contributed by atoms with Gasteiger partial charge in [0, 0.05) is 6.04 Å². The number of nitrogens with zero attached hydrogens (tertiary/aromatic N) is 1. The summed E-state index contributed by atoms with van der Waals surface area (Å²) in [5.41, 5.74) is 0. The molecular weight excluding hydrogens is 274 g/mol. The van der Waals surface area contributed by atoms with Crippen molar-refractivity contribution in [3.05, 3.63) is 0 Å². The minimum absolute atomic E-state index is 0.0466. The lowest BCUT2D eigenvalue weighted by Gasteiger charge is -2.23. The van der Waals surface area contributed by atoms with Crippen molar-refractivity contribution in [2.24, 2.45) is 0 Å². The number of imide groups is 1. The maximum atomic E-state index is 11.8. The van der Waals surface area contributed by atoms with Crippen LogP contribution in [0.15, 0.2) is 0 Å². The van der Waals surface area contributed by atoms with Crippen LogP contribution in [-0.2, 0) is 9.59 Å². The standard InChI is InChI=1S/C14H23N3O4/c18-12(9-17-8-4-7-11(17)13(19)20)16-14(21)15-10-5-2-1-3-6-10/h10-11H,1-9H2,(H,19,20)(H2,15,16,18,21)/t11-/m1/s1. The van der Waals surface area contributed by atoms with E-state index in [-0.39, 0.29) is 12.6 Å². The molecule has 0 aromatic rings. The number of carboxylic acid groups (broad SMARTS) is 1. The second kappa shape index (κ2) is 7.40. The largest absolute Gasteiger partial charge is 0.480 e. The number of nitrogens with one attached hydrogen (secondary N) is 2. The number of carboxylic acids is 1. The molecule has 21 heavy (non-hydrogen) atoms. The highest BCUT2D eigenvalue weighted by Gasteiger charge is 2.31. The molecule has 1 aliphatic carbocycles. The van der Waals surface area contributed by atoms with Gasteiger partial charge < -0.3 is 10.4 Å². The van der Waals surface area contributed by atoms with Crippen LogP contribution >= 0.6 is 0 Å². The fraction of sp³-hybridized carbons (Fsp3) is 0.786. The summed E-state index contributed by atoms with van der Waals surface area (Å²) in [5.74, 6) is -1.36. The molecule has 1 atom stereocenters. The molecule has 7 nitrogen and oxygen atoms in total. The monoisotopic (exact) mass is 297 g/mol. The van der Waals surface area contributed by atoms with Gasteiger partial charge >= 0.3 is 12.0 Å². The van der Waals surface area contributed by atoms with E-state index in [1.807, 2.05) is 0 Å². The van der Waals surface area contributed by atoms with Gasteiger partial charge in [-0.15, -0.1) is 0 Å². The topological polar surface area (TPSA) is 98.7 Å². The van der Waals surface area contributed by atoms with Gasteiger partial charge in [0.05, 0.1) is 6.54 Å². The van der Waals surface area contributed by atoms with E-state index in [1.165, 1.54) is 6.42 Å². The van der Waals surface area contributed by atoms with Crippen molar-refractivity contribution < 1.29 is 19.5 Å². The summed E-state index contributed by atoms with van der Waals surface area (Å²) in [4.78, 5) is 36.2. The quantitative estimate of drug-likeness (QED) is 0.709. The first-order chi connectivity index (χ1) is 10.1. The maximum absolute atomic E-state index is 11.8. The van der Waals surface area contributed by atoms with Crippen LogP contribution in [0.25, 0.3) is 0 Å². The van der Waals surface area contributed by atoms with E-state index >= 15 is 0 Å². The van der Waals surface area contributed by atoms with Gasteiger partial charge in [-0.2, -0.15) is 0 Å². The molecule has 0 spiro atoms. The first-order valence-corrected chi connectivity index (χ1v) is 7.63. The van der Waals surface area contributed by atoms with E-state index in [0.717, 1.165) is 32.1 Å².